The average molecular weight is 308 g/mol. The first-order valence-corrected chi connectivity index (χ1v) is 7.55. The zero-order chi connectivity index (χ0) is 15.7. The second-order valence-electron chi connectivity index (χ2n) is 5.87. The highest BCUT2D eigenvalue weighted by Gasteiger charge is 2.39. The van der Waals surface area contributed by atoms with Crippen molar-refractivity contribution in [3.63, 3.8) is 0 Å². The Morgan fingerprint density at radius 1 is 1.41 bits per heavy atom. The summed E-state index contributed by atoms with van der Waals surface area (Å²) in [7, 11) is 3.50. The first-order chi connectivity index (χ1) is 10.6. The van der Waals surface area contributed by atoms with Gasteiger partial charge in [0, 0.05) is 25.7 Å². The fraction of sp³-hybridized carbons (Fsp3) is 0.562. The molecule has 2 atom stereocenters. The summed E-state index contributed by atoms with van der Waals surface area (Å²) in [4.78, 5) is 16.7. The van der Waals surface area contributed by atoms with Crippen molar-refractivity contribution >= 4 is 5.91 Å². The van der Waals surface area contributed by atoms with E-state index in [1.165, 1.54) is 19.2 Å². The van der Waals surface area contributed by atoms with E-state index >= 15 is 0 Å². The molecular formula is C16H21FN2O3. The minimum atomic E-state index is -0.545. The number of methoxy groups -OCH3 is 1. The van der Waals surface area contributed by atoms with Gasteiger partial charge in [-0.2, -0.15) is 0 Å². The largest absolute Gasteiger partial charge is 0.497 e. The number of amides is 1. The van der Waals surface area contributed by atoms with Gasteiger partial charge in [-0.25, -0.2) is 4.39 Å². The second kappa shape index (κ2) is 6.22. The molecule has 2 saturated heterocycles. The number of ether oxygens (including phenoxy) is 2. The Morgan fingerprint density at radius 3 is 2.95 bits per heavy atom. The van der Waals surface area contributed by atoms with E-state index in [2.05, 4.69) is 4.90 Å². The van der Waals surface area contributed by atoms with Gasteiger partial charge in [-0.1, -0.05) is 0 Å². The Hall–Kier alpha value is -1.66. The van der Waals surface area contributed by atoms with Crippen LogP contribution in [0.2, 0.25) is 0 Å². The molecule has 1 aromatic carbocycles. The molecule has 5 nitrogen and oxygen atoms in total. The van der Waals surface area contributed by atoms with Crippen LogP contribution in [-0.4, -0.2) is 68.3 Å². The topological polar surface area (TPSA) is 42.0 Å². The lowest BCUT2D eigenvalue weighted by Crippen LogP contribution is -2.60. The van der Waals surface area contributed by atoms with Crippen molar-refractivity contribution in [1.29, 1.82) is 0 Å². The Bertz CT molecular complexity index is 566. The molecule has 2 aliphatic heterocycles. The summed E-state index contributed by atoms with van der Waals surface area (Å²) in [6, 6.07) is 4.34. The number of hydrogen-bond acceptors (Lipinski definition) is 4. The normalized spacial score (nSPS) is 25.7. The van der Waals surface area contributed by atoms with Crippen molar-refractivity contribution in [1.82, 2.24) is 9.80 Å². The third-order valence-electron chi connectivity index (χ3n) is 4.46. The number of likely N-dealkylation sites (tertiary alicyclic amines) is 1. The molecule has 0 radical (unpaired) electrons. The second-order valence-corrected chi connectivity index (χ2v) is 5.87. The van der Waals surface area contributed by atoms with Gasteiger partial charge in [-0.05, 0) is 25.6 Å². The van der Waals surface area contributed by atoms with Crippen LogP contribution in [0.25, 0.3) is 0 Å². The lowest BCUT2D eigenvalue weighted by atomic mass is 9.98. The first-order valence-electron chi connectivity index (χ1n) is 7.55. The Labute approximate surface area is 129 Å². The van der Waals surface area contributed by atoms with Crippen molar-refractivity contribution in [2.24, 2.45) is 0 Å². The zero-order valence-corrected chi connectivity index (χ0v) is 12.9. The fourth-order valence-electron chi connectivity index (χ4n) is 3.23. The molecule has 2 heterocycles. The van der Waals surface area contributed by atoms with E-state index < -0.39 is 5.82 Å². The predicted octanol–water partition coefficient (Wildman–Crippen LogP) is 1.38. The molecule has 0 spiro atoms. The lowest BCUT2D eigenvalue weighted by molar-refractivity contribution is -0.0870. The van der Waals surface area contributed by atoms with Crippen LogP contribution in [0.5, 0.6) is 5.75 Å². The van der Waals surface area contributed by atoms with Gasteiger partial charge in [0.1, 0.15) is 11.6 Å². The molecule has 0 N–H and O–H groups in total. The van der Waals surface area contributed by atoms with Crippen LogP contribution in [0.3, 0.4) is 0 Å². The van der Waals surface area contributed by atoms with Gasteiger partial charge in [0.05, 0.1) is 31.4 Å². The van der Waals surface area contributed by atoms with E-state index in [1.807, 2.05) is 7.05 Å². The van der Waals surface area contributed by atoms with Crippen LogP contribution in [0.1, 0.15) is 16.8 Å². The van der Waals surface area contributed by atoms with Crippen molar-refractivity contribution in [2.45, 2.75) is 18.6 Å². The van der Waals surface area contributed by atoms with E-state index in [4.69, 9.17) is 9.47 Å². The van der Waals surface area contributed by atoms with Crippen LogP contribution in [0.4, 0.5) is 4.39 Å². The molecule has 1 aromatic rings. The molecule has 22 heavy (non-hydrogen) atoms. The number of hydrogen-bond donors (Lipinski definition) is 0. The number of nitrogens with zero attached hydrogens (tertiary/aromatic N) is 2. The SMILES string of the molecule is COc1ccc(C(=O)N2CCO[C@@H]3CCN(C)C[C@H]32)c(F)c1. The number of fused-ring (bicyclic) bond motifs is 1. The van der Waals surface area contributed by atoms with Crippen molar-refractivity contribution < 1.29 is 18.7 Å². The van der Waals surface area contributed by atoms with E-state index in [9.17, 15) is 9.18 Å². The summed E-state index contributed by atoms with van der Waals surface area (Å²) >= 11 is 0. The molecular weight excluding hydrogens is 287 g/mol. The highest BCUT2D eigenvalue weighted by molar-refractivity contribution is 5.95. The van der Waals surface area contributed by atoms with Crippen LogP contribution in [0.15, 0.2) is 18.2 Å². The molecule has 2 fully saturated rings. The van der Waals surface area contributed by atoms with Gasteiger partial charge in [0.15, 0.2) is 0 Å². The van der Waals surface area contributed by atoms with Gasteiger partial charge in [0.25, 0.3) is 5.91 Å². The third-order valence-corrected chi connectivity index (χ3v) is 4.46. The van der Waals surface area contributed by atoms with Gasteiger partial charge in [0.2, 0.25) is 0 Å². The van der Waals surface area contributed by atoms with Crippen molar-refractivity contribution in [3.8, 4) is 5.75 Å². The molecule has 2 aliphatic rings. The lowest BCUT2D eigenvalue weighted by Gasteiger charge is -2.46. The standard InChI is InChI=1S/C16H21FN2O3/c1-18-6-5-15-14(10-18)19(7-8-22-15)16(20)12-4-3-11(21-2)9-13(12)17/h3-4,9,14-15H,5-8,10H2,1-2H3/t14-,15-/m1/s1. The minimum absolute atomic E-state index is 0.0125. The number of halogens is 1. The molecule has 3 rings (SSSR count). The predicted molar refractivity (Wildman–Crippen MR) is 79.6 cm³/mol. The summed E-state index contributed by atoms with van der Waals surface area (Å²) in [5.74, 6) is -0.406. The molecule has 6 heteroatoms. The summed E-state index contributed by atoms with van der Waals surface area (Å²) in [5, 5.41) is 0. The summed E-state index contributed by atoms with van der Waals surface area (Å²) in [5.41, 5.74) is 0.0923. The summed E-state index contributed by atoms with van der Waals surface area (Å²) in [6.45, 7) is 2.72. The van der Waals surface area contributed by atoms with E-state index in [0.29, 0.717) is 18.9 Å². The molecule has 0 aliphatic carbocycles. The molecule has 120 valence electrons. The van der Waals surface area contributed by atoms with E-state index in [1.54, 1.807) is 11.0 Å². The van der Waals surface area contributed by atoms with E-state index in [0.717, 1.165) is 19.5 Å². The third kappa shape index (κ3) is 2.80. The maximum absolute atomic E-state index is 14.2. The smallest absolute Gasteiger partial charge is 0.257 e. The number of carbonyl (C=O) groups excluding carboxylic acids is 1. The number of morpholine rings is 1. The number of piperidine rings is 1. The van der Waals surface area contributed by atoms with Crippen LogP contribution in [-0.2, 0) is 4.74 Å². The highest BCUT2D eigenvalue weighted by atomic mass is 19.1. The molecule has 0 saturated carbocycles. The Kier molecular flexibility index (Phi) is 4.31. The molecule has 0 aromatic heterocycles. The van der Waals surface area contributed by atoms with Gasteiger partial charge >= 0.3 is 0 Å². The van der Waals surface area contributed by atoms with Crippen LogP contribution in [0, 0.1) is 5.82 Å². The number of rotatable bonds is 2. The minimum Gasteiger partial charge on any atom is -0.497 e. The summed E-state index contributed by atoms with van der Waals surface area (Å²) in [6.07, 6.45) is 0.950. The van der Waals surface area contributed by atoms with Crippen LogP contribution >= 0.6 is 0 Å². The number of benzene rings is 1. The zero-order valence-electron chi connectivity index (χ0n) is 12.9. The molecule has 1 amide bonds. The quantitative estimate of drug-likeness (QED) is 0.828. The van der Waals surface area contributed by atoms with E-state index in [-0.39, 0.29) is 23.6 Å². The summed E-state index contributed by atoms with van der Waals surface area (Å²) < 4.78 is 24.9. The van der Waals surface area contributed by atoms with Crippen molar-refractivity contribution in [2.75, 3.05) is 40.4 Å². The maximum atomic E-state index is 14.2. The highest BCUT2D eigenvalue weighted by Crippen LogP contribution is 2.25. The Balaban J connectivity index is 1.84. The monoisotopic (exact) mass is 308 g/mol. The maximum Gasteiger partial charge on any atom is 0.257 e. The van der Waals surface area contributed by atoms with Gasteiger partial charge in [-0.15, -0.1) is 0 Å². The van der Waals surface area contributed by atoms with Crippen LogP contribution < -0.4 is 4.74 Å². The molecule has 0 bridgehead atoms. The Morgan fingerprint density at radius 2 is 2.23 bits per heavy atom. The first kappa shape index (κ1) is 15.2. The number of likely N-dealkylation sites (N-methyl/N-ethyl adjacent to an activating group) is 1. The van der Waals surface area contributed by atoms with Crippen molar-refractivity contribution in [3.05, 3.63) is 29.6 Å². The fourth-order valence-corrected chi connectivity index (χ4v) is 3.23. The van der Waals surface area contributed by atoms with Gasteiger partial charge < -0.3 is 19.3 Å². The molecule has 0 unspecified atom stereocenters. The van der Waals surface area contributed by atoms with Gasteiger partial charge in [-0.3, -0.25) is 4.79 Å². The number of carbonyl (C=O) groups is 1. The average Bonchev–Trinajstić information content (AvgIpc) is 2.53.